The zero-order valence-electron chi connectivity index (χ0n) is 18.0. The number of rotatable bonds is 5. The van der Waals surface area contributed by atoms with E-state index in [1.165, 1.54) is 39.7 Å². The van der Waals surface area contributed by atoms with Crippen LogP contribution in [-0.2, 0) is 10.9 Å². The van der Waals surface area contributed by atoms with Crippen LogP contribution in [0.2, 0.25) is 0 Å². The summed E-state index contributed by atoms with van der Waals surface area (Å²) in [4.78, 5) is 24.5. The van der Waals surface area contributed by atoms with E-state index in [1.54, 1.807) is 24.5 Å². The van der Waals surface area contributed by atoms with Crippen molar-refractivity contribution in [2.75, 3.05) is 17.7 Å². The van der Waals surface area contributed by atoms with Gasteiger partial charge in [-0.25, -0.2) is 13.9 Å². The van der Waals surface area contributed by atoms with Crippen molar-refractivity contribution < 1.29 is 31.9 Å². The number of nitrogens with one attached hydrogen (secondary N) is 2. The molecule has 0 aliphatic carbocycles. The smallest absolute Gasteiger partial charge is 0.416 e. The van der Waals surface area contributed by atoms with E-state index < -0.39 is 29.6 Å². The highest BCUT2D eigenvalue weighted by molar-refractivity contribution is 6.06. The summed E-state index contributed by atoms with van der Waals surface area (Å²) in [6.07, 6.45) is -1.04. The molecule has 4 rings (SSSR count). The summed E-state index contributed by atoms with van der Waals surface area (Å²) in [5, 5.41) is 8.91. The van der Waals surface area contributed by atoms with E-state index in [1.807, 2.05) is 0 Å². The van der Waals surface area contributed by atoms with Crippen LogP contribution < -0.4 is 10.6 Å². The van der Waals surface area contributed by atoms with Gasteiger partial charge < -0.3 is 14.6 Å². The maximum atomic E-state index is 14.0. The number of benzene rings is 2. The summed E-state index contributed by atoms with van der Waals surface area (Å²) >= 11 is 0. The van der Waals surface area contributed by atoms with Gasteiger partial charge in [0.05, 0.1) is 30.2 Å². The number of ether oxygens (including phenoxy) is 1. The molecule has 0 unspecified atom stereocenters. The molecule has 2 N–H and O–H groups in total. The summed E-state index contributed by atoms with van der Waals surface area (Å²) < 4.78 is 60.9. The van der Waals surface area contributed by atoms with Gasteiger partial charge in [-0.1, -0.05) is 6.07 Å². The Morgan fingerprint density at radius 1 is 1.00 bits per heavy atom. The molecule has 2 amide bonds. The summed E-state index contributed by atoms with van der Waals surface area (Å²) in [6.45, 7) is 0. The molecule has 0 bridgehead atoms. The fourth-order valence-corrected chi connectivity index (χ4v) is 3.29. The fourth-order valence-electron chi connectivity index (χ4n) is 3.29. The zero-order valence-corrected chi connectivity index (χ0v) is 18.0. The summed E-state index contributed by atoms with van der Waals surface area (Å²) in [5.41, 5.74) is -0.820. The van der Waals surface area contributed by atoms with E-state index in [9.17, 15) is 27.2 Å². The summed E-state index contributed by atoms with van der Waals surface area (Å²) in [6, 6.07) is 11.4. The Bertz CT molecular complexity index is 1380. The van der Waals surface area contributed by atoms with Gasteiger partial charge in [0, 0.05) is 18.1 Å². The van der Waals surface area contributed by atoms with Gasteiger partial charge in [0.2, 0.25) is 0 Å². The maximum Gasteiger partial charge on any atom is 0.416 e. The third kappa shape index (κ3) is 5.00. The number of alkyl halides is 3. The van der Waals surface area contributed by atoms with Gasteiger partial charge in [-0.05, 0) is 48.5 Å². The van der Waals surface area contributed by atoms with Gasteiger partial charge in [0.1, 0.15) is 11.4 Å². The van der Waals surface area contributed by atoms with Gasteiger partial charge >= 0.3 is 12.3 Å². The van der Waals surface area contributed by atoms with Crippen LogP contribution in [0, 0.1) is 5.82 Å². The molecule has 0 saturated heterocycles. The van der Waals surface area contributed by atoms with Crippen molar-refractivity contribution in [3.63, 3.8) is 0 Å². The lowest BCUT2D eigenvalue weighted by Gasteiger charge is -2.13. The quantitative estimate of drug-likeness (QED) is 0.376. The van der Waals surface area contributed by atoms with Gasteiger partial charge in [0.15, 0.2) is 5.82 Å². The number of aromatic nitrogens is 3. The summed E-state index contributed by atoms with van der Waals surface area (Å²) in [7, 11) is 1.11. The molecule has 0 atom stereocenters. The highest BCUT2D eigenvalue weighted by atomic mass is 19.4. The van der Waals surface area contributed by atoms with Gasteiger partial charge in [-0.3, -0.25) is 10.1 Å². The van der Waals surface area contributed by atoms with Gasteiger partial charge in [0.25, 0.3) is 5.91 Å². The normalized spacial score (nSPS) is 11.2. The van der Waals surface area contributed by atoms with Crippen LogP contribution in [0.25, 0.3) is 11.5 Å². The van der Waals surface area contributed by atoms with Crippen molar-refractivity contribution >= 4 is 23.4 Å². The number of methoxy groups -OCH3 is 1. The average Bonchev–Trinajstić information content (AvgIpc) is 3.50. The van der Waals surface area contributed by atoms with Crippen LogP contribution in [0.1, 0.15) is 15.9 Å². The minimum absolute atomic E-state index is 0.0328. The molecular formula is C23H17F4N5O3. The minimum Gasteiger partial charge on any atom is -0.453 e. The second kappa shape index (κ2) is 9.33. The fraction of sp³-hybridized carbons (Fsp3) is 0.0870. The predicted octanol–water partition coefficient (Wildman–Crippen LogP) is 5.25. The van der Waals surface area contributed by atoms with Crippen LogP contribution >= 0.6 is 0 Å². The van der Waals surface area contributed by atoms with Crippen molar-refractivity contribution in [2.45, 2.75) is 6.18 Å². The Morgan fingerprint density at radius 3 is 2.43 bits per heavy atom. The molecule has 35 heavy (non-hydrogen) atoms. The molecule has 0 fully saturated rings. The Labute approximate surface area is 195 Å². The Kier molecular flexibility index (Phi) is 6.28. The van der Waals surface area contributed by atoms with Crippen molar-refractivity contribution in [3.05, 3.63) is 90.1 Å². The lowest BCUT2D eigenvalue weighted by molar-refractivity contribution is -0.137. The van der Waals surface area contributed by atoms with E-state index in [0.717, 1.165) is 25.3 Å². The average molecular weight is 487 g/mol. The first-order valence-electron chi connectivity index (χ1n) is 10.0. The summed E-state index contributed by atoms with van der Waals surface area (Å²) in [5.74, 6) is -1.23. The lowest BCUT2D eigenvalue weighted by Crippen LogP contribution is -2.16. The molecule has 8 nitrogen and oxygen atoms in total. The molecule has 4 aromatic rings. The predicted molar refractivity (Wildman–Crippen MR) is 118 cm³/mol. The van der Waals surface area contributed by atoms with Crippen LogP contribution in [-0.4, -0.2) is 33.5 Å². The first-order chi connectivity index (χ1) is 16.7. The van der Waals surface area contributed by atoms with Gasteiger partial charge in [-0.2, -0.15) is 18.3 Å². The molecule has 0 aliphatic heterocycles. The Hall–Kier alpha value is -4.61. The number of amides is 2. The van der Waals surface area contributed by atoms with Gasteiger partial charge in [-0.15, -0.1) is 0 Å². The first-order valence-corrected chi connectivity index (χ1v) is 10.0. The molecule has 0 aliphatic rings. The Morgan fingerprint density at radius 2 is 1.74 bits per heavy atom. The third-order valence-electron chi connectivity index (χ3n) is 4.90. The van der Waals surface area contributed by atoms with Crippen LogP contribution in [0.5, 0.6) is 0 Å². The van der Waals surface area contributed by atoms with E-state index in [4.69, 9.17) is 0 Å². The number of nitrogens with zero attached hydrogens (tertiary/aromatic N) is 3. The minimum atomic E-state index is -4.56. The number of hydrogen-bond donors (Lipinski definition) is 2. The Balaban J connectivity index is 1.71. The first kappa shape index (κ1) is 23.5. The van der Waals surface area contributed by atoms with Crippen LogP contribution in [0.15, 0.2) is 73.2 Å². The van der Waals surface area contributed by atoms with Crippen LogP contribution in [0.3, 0.4) is 0 Å². The molecule has 2 aromatic carbocycles. The molecule has 0 spiro atoms. The molecule has 12 heteroatoms. The number of carbonyl (C=O) groups is 2. The maximum absolute atomic E-state index is 14.0. The largest absolute Gasteiger partial charge is 0.453 e. The standard InChI is InChI=1S/C23H17F4N5O3/c1-35-22(34)30-19-12-15(7-8-18(19)24)29-20(33)17-13-28-32(21(17)31-9-2-3-10-31)16-6-4-5-14(11-16)23(25,26)27/h2-13H,1H3,(H,29,33)(H,30,34). The third-order valence-corrected chi connectivity index (χ3v) is 4.90. The second-order valence-electron chi connectivity index (χ2n) is 7.20. The molecular weight excluding hydrogens is 470 g/mol. The molecule has 2 aromatic heterocycles. The van der Waals surface area contributed by atoms with Crippen molar-refractivity contribution in [3.8, 4) is 11.5 Å². The van der Waals surface area contributed by atoms with Crippen molar-refractivity contribution in [2.24, 2.45) is 0 Å². The number of halogens is 4. The second-order valence-corrected chi connectivity index (χ2v) is 7.20. The van der Waals surface area contributed by atoms with E-state index >= 15 is 0 Å². The monoisotopic (exact) mass is 487 g/mol. The highest BCUT2D eigenvalue weighted by Crippen LogP contribution is 2.31. The van der Waals surface area contributed by atoms with E-state index in [2.05, 4.69) is 20.5 Å². The highest BCUT2D eigenvalue weighted by Gasteiger charge is 2.31. The lowest BCUT2D eigenvalue weighted by atomic mass is 10.2. The number of anilines is 2. The van der Waals surface area contributed by atoms with Crippen LogP contribution in [0.4, 0.5) is 33.7 Å². The topological polar surface area (TPSA) is 90.2 Å². The van der Waals surface area contributed by atoms with E-state index in [0.29, 0.717) is 0 Å². The van der Waals surface area contributed by atoms with Crippen molar-refractivity contribution in [1.82, 2.24) is 14.3 Å². The molecule has 0 saturated carbocycles. The number of hydrogen-bond acceptors (Lipinski definition) is 4. The molecule has 2 heterocycles. The van der Waals surface area contributed by atoms with Crippen molar-refractivity contribution in [1.29, 1.82) is 0 Å². The molecule has 0 radical (unpaired) electrons. The van der Waals surface area contributed by atoms with E-state index in [-0.39, 0.29) is 28.4 Å². The molecule has 180 valence electrons. The SMILES string of the molecule is COC(=O)Nc1cc(NC(=O)c2cnn(-c3cccc(C(F)(F)F)c3)c2-n2cccc2)ccc1F. The number of carbonyl (C=O) groups excluding carboxylic acids is 2. The zero-order chi connectivity index (χ0) is 25.2.